The molecular formula is C18H31N3. The Labute approximate surface area is 130 Å². The van der Waals surface area contributed by atoms with Gasteiger partial charge in [-0.2, -0.15) is 0 Å². The van der Waals surface area contributed by atoms with Crippen molar-refractivity contribution in [1.29, 1.82) is 0 Å². The number of nitrogens with two attached hydrogens (primary N) is 1. The lowest BCUT2D eigenvalue weighted by Gasteiger charge is -2.44. The smallest absolute Gasteiger partial charge is 0.0400 e. The molecule has 0 aliphatic carbocycles. The molecule has 1 aromatic rings. The molecule has 2 rings (SSSR count). The van der Waals surface area contributed by atoms with Gasteiger partial charge in [0.15, 0.2) is 0 Å². The first-order chi connectivity index (χ1) is 9.92. The van der Waals surface area contributed by atoms with Crippen molar-refractivity contribution in [3.63, 3.8) is 0 Å². The number of likely N-dealkylation sites (N-methyl/N-ethyl adjacent to an activating group) is 1. The highest BCUT2D eigenvalue weighted by Gasteiger charge is 2.27. The predicted octanol–water partition coefficient (Wildman–Crippen LogP) is 2.80. The number of piperazine rings is 1. The van der Waals surface area contributed by atoms with E-state index in [1.165, 1.54) is 16.8 Å². The van der Waals surface area contributed by atoms with Crippen LogP contribution in [0, 0.1) is 6.92 Å². The minimum Gasteiger partial charge on any atom is -0.368 e. The summed E-state index contributed by atoms with van der Waals surface area (Å²) in [6, 6.07) is 8.26. The highest BCUT2D eigenvalue weighted by Crippen LogP contribution is 2.27. The zero-order chi connectivity index (χ0) is 15.6. The largest absolute Gasteiger partial charge is 0.368 e. The molecular weight excluding hydrogens is 258 g/mol. The van der Waals surface area contributed by atoms with E-state index in [0.29, 0.717) is 12.1 Å². The number of anilines is 1. The molecule has 118 valence electrons. The number of hydrogen-bond donors (Lipinski definition) is 1. The standard InChI is InChI=1S/C18H31N3/c1-6-17(19)10-16-9-13(2)7-8-18(16)21-11-14(3)20(5)15(4)12-21/h7-9,14-15,17H,6,10-12,19H2,1-5H3. The molecule has 2 N–H and O–H groups in total. The highest BCUT2D eigenvalue weighted by molar-refractivity contribution is 5.56. The van der Waals surface area contributed by atoms with Crippen LogP contribution in [0.25, 0.3) is 0 Å². The zero-order valence-electron chi connectivity index (χ0n) is 14.3. The van der Waals surface area contributed by atoms with E-state index in [1.807, 2.05) is 0 Å². The Kier molecular flexibility index (Phi) is 5.28. The second-order valence-electron chi connectivity index (χ2n) is 6.77. The summed E-state index contributed by atoms with van der Waals surface area (Å²) in [5.74, 6) is 0. The highest BCUT2D eigenvalue weighted by atomic mass is 15.3. The third-order valence-electron chi connectivity index (χ3n) is 4.94. The second kappa shape index (κ2) is 6.80. The van der Waals surface area contributed by atoms with Crippen LogP contribution in [0.5, 0.6) is 0 Å². The molecule has 1 fully saturated rings. The molecule has 0 bridgehead atoms. The van der Waals surface area contributed by atoms with Crippen molar-refractivity contribution in [3.05, 3.63) is 29.3 Å². The van der Waals surface area contributed by atoms with Crippen molar-refractivity contribution in [2.24, 2.45) is 5.73 Å². The first-order valence-corrected chi connectivity index (χ1v) is 8.24. The maximum absolute atomic E-state index is 6.20. The molecule has 0 radical (unpaired) electrons. The molecule has 21 heavy (non-hydrogen) atoms. The lowest BCUT2D eigenvalue weighted by atomic mass is 9.98. The van der Waals surface area contributed by atoms with Crippen LogP contribution in [0.15, 0.2) is 18.2 Å². The number of nitrogens with zero attached hydrogens (tertiary/aromatic N) is 2. The number of aryl methyl sites for hydroxylation is 1. The molecule has 0 amide bonds. The summed E-state index contributed by atoms with van der Waals surface area (Å²) in [5.41, 5.74) is 10.3. The summed E-state index contributed by atoms with van der Waals surface area (Å²) in [7, 11) is 2.23. The fraction of sp³-hybridized carbons (Fsp3) is 0.667. The number of rotatable bonds is 4. The Morgan fingerprint density at radius 2 is 1.86 bits per heavy atom. The normalized spacial score (nSPS) is 25.1. The Hall–Kier alpha value is -1.06. The lowest BCUT2D eigenvalue weighted by molar-refractivity contribution is 0.170. The van der Waals surface area contributed by atoms with Crippen LogP contribution in [0.2, 0.25) is 0 Å². The molecule has 1 aliphatic rings. The first-order valence-electron chi connectivity index (χ1n) is 8.24. The molecule has 3 heteroatoms. The van der Waals surface area contributed by atoms with Gasteiger partial charge in [-0.3, -0.25) is 4.90 Å². The van der Waals surface area contributed by atoms with Crippen LogP contribution in [-0.2, 0) is 6.42 Å². The summed E-state index contributed by atoms with van der Waals surface area (Å²) >= 11 is 0. The molecule has 0 spiro atoms. The van der Waals surface area contributed by atoms with E-state index < -0.39 is 0 Å². The molecule has 0 saturated carbocycles. The van der Waals surface area contributed by atoms with Gasteiger partial charge >= 0.3 is 0 Å². The Morgan fingerprint density at radius 3 is 2.43 bits per heavy atom. The average Bonchev–Trinajstić information content (AvgIpc) is 2.44. The fourth-order valence-electron chi connectivity index (χ4n) is 3.21. The molecule has 1 heterocycles. The van der Waals surface area contributed by atoms with Crippen molar-refractivity contribution in [2.75, 3.05) is 25.0 Å². The van der Waals surface area contributed by atoms with Gasteiger partial charge in [0.25, 0.3) is 0 Å². The summed E-state index contributed by atoms with van der Waals surface area (Å²) in [6.07, 6.45) is 2.01. The Balaban J connectivity index is 2.26. The molecule has 1 saturated heterocycles. The van der Waals surface area contributed by atoms with Crippen molar-refractivity contribution < 1.29 is 0 Å². The van der Waals surface area contributed by atoms with Gasteiger partial charge in [0, 0.05) is 36.9 Å². The summed E-state index contributed by atoms with van der Waals surface area (Å²) in [6.45, 7) is 11.2. The molecule has 3 atom stereocenters. The summed E-state index contributed by atoms with van der Waals surface area (Å²) in [5, 5.41) is 0. The third kappa shape index (κ3) is 3.78. The van der Waals surface area contributed by atoms with Crippen LogP contribution in [0.1, 0.15) is 38.3 Å². The van der Waals surface area contributed by atoms with E-state index in [2.05, 4.69) is 62.7 Å². The van der Waals surface area contributed by atoms with Gasteiger partial charge in [-0.15, -0.1) is 0 Å². The van der Waals surface area contributed by atoms with Gasteiger partial charge in [-0.05, 0) is 52.3 Å². The Morgan fingerprint density at radius 1 is 1.24 bits per heavy atom. The average molecular weight is 289 g/mol. The van der Waals surface area contributed by atoms with Crippen LogP contribution >= 0.6 is 0 Å². The van der Waals surface area contributed by atoms with Gasteiger partial charge in [0.2, 0.25) is 0 Å². The molecule has 1 aromatic carbocycles. The van der Waals surface area contributed by atoms with E-state index in [-0.39, 0.29) is 6.04 Å². The topological polar surface area (TPSA) is 32.5 Å². The van der Waals surface area contributed by atoms with Gasteiger partial charge in [0.05, 0.1) is 0 Å². The zero-order valence-corrected chi connectivity index (χ0v) is 14.3. The van der Waals surface area contributed by atoms with Gasteiger partial charge in [0.1, 0.15) is 0 Å². The van der Waals surface area contributed by atoms with E-state index in [1.54, 1.807) is 0 Å². The van der Waals surface area contributed by atoms with Crippen LogP contribution in [-0.4, -0.2) is 43.2 Å². The monoisotopic (exact) mass is 289 g/mol. The molecule has 3 unspecified atom stereocenters. The van der Waals surface area contributed by atoms with E-state index in [9.17, 15) is 0 Å². The van der Waals surface area contributed by atoms with Gasteiger partial charge in [-0.1, -0.05) is 24.6 Å². The van der Waals surface area contributed by atoms with Crippen LogP contribution in [0.3, 0.4) is 0 Å². The molecule has 1 aliphatic heterocycles. The van der Waals surface area contributed by atoms with E-state index >= 15 is 0 Å². The first kappa shape index (κ1) is 16.3. The number of hydrogen-bond acceptors (Lipinski definition) is 3. The fourth-order valence-corrected chi connectivity index (χ4v) is 3.21. The van der Waals surface area contributed by atoms with Crippen molar-refractivity contribution in [1.82, 2.24) is 4.90 Å². The SMILES string of the molecule is CCC(N)Cc1cc(C)ccc1N1CC(C)N(C)C(C)C1. The summed E-state index contributed by atoms with van der Waals surface area (Å²) in [4.78, 5) is 5.02. The summed E-state index contributed by atoms with van der Waals surface area (Å²) < 4.78 is 0. The number of benzene rings is 1. The third-order valence-corrected chi connectivity index (χ3v) is 4.94. The van der Waals surface area contributed by atoms with Gasteiger partial charge < -0.3 is 10.6 Å². The van der Waals surface area contributed by atoms with E-state index in [0.717, 1.165) is 25.9 Å². The van der Waals surface area contributed by atoms with Gasteiger partial charge in [-0.25, -0.2) is 0 Å². The van der Waals surface area contributed by atoms with Crippen molar-refractivity contribution in [3.8, 4) is 0 Å². The predicted molar refractivity (Wildman–Crippen MR) is 92.0 cm³/mol. The molecule has 3 nitrogen and oxygen atoms in total. The van der Waals surface area contributed by atoms with Crippen molar-refractivity contribution in [2.45, 2.75) is 58.7 Å². The van der Waals surface area contributed by atoms with E-state index in [4.69, 9.17) is 5.73 Å². The quantitative estimate of drug-likeness (QED) is 0.925. The van der Waals surface area contributed by atoms with Crippen LogP contribution in [0.4, 0.5) is 5.69 Å². The maximum atomic E-state index is 6.20. The minimum absolute atomic E-state index is 0.257. The minimum atomic E-state index is 0.257. The van der Waals surface area contributed by atoms with Crippen molar-refractivity contribution >= 4 is 5.69 Å². The van der Waals surface area contributed by atoms with Crippen LogP contribution < -0.4 is 10.6 Å². The second-order valence-corrected chi connectivity index (χ2v) is 6.77. The Bertz CT molecular complexity index is 460. The molecule has 0 aromatic heterocycles. The lowest BCUT2D eigenvalue weighted by Crippen LogP contribution is -2.55. The maximum Gasteiger partial charge on any atom is 0.0400 e.